The molecular weight excluding hydrogens is 174 g/mol. The van der Waals surface area contributed by atoms with E-state index in [-0.39, 0.29) is 0 Å². The average molecular weight is 184 g/mol. The summed E-state index contributed by atoms with van der Waals surface area (Å²) >= 11 is 0. The van der Waals surface area contributed by atoms with Gasteiger partial charge in [0.15, 0.2) is 0 Å². The van der Waals surface area contributed by atoms with Gasteiger partial charge < -0.3 is 0 Å². The van der Waals surface area contributed by atoms with Crippen molar-refractivity contribution in [1.29, 1.82) is 0 Å². The minimum atomic E-state index is -3.25. The Bertz CT molecular complexity index is 331. The third kappa shape index (κ3) is 2.54. The maximum atomic E-state index is 11.0. The van der Waals surface area contributed by atoms with Gasteiger partial charge in [-0.25, -0.2) is 8.42 Å². The van der Waals surface area contributed by atoms with Gasteiger partial charge in [0.1, 0.15) is 0 Å². The van der Waals surface area contributed by atoms with Crippen molar-refractivity contribution < 1.29 is 8.42 Å². The number of hydrogen-bond donors (Lipinski definition) is 1. The molecule has 1 N–H and O–H groups in total. The molecule has 0 aliphatic rings. The van der Waals surface area contributed by atoms with Gasteiger partial charge in [-0.2, -0.15) is 0 Å². The SMILES string of the molecule is C[CH]S(=O)(=O)Nc1ccccc1. The fraction of sp³-hybridized carbons (Fsp3) is 0.125. The highest BCUT2D eigenvalue weighted by atomic mass is 32.2. The van der Waals surface area contributed by atoms with Crippen LogP contribution >= 0.6 is 0 Å². The lowest BCUT2D eigenvalue weighted by molar-refractivity contribution is 0.606. The normalized spacial score (nSPS) is 11.1. The van der Waals surface area contributed by atoms with Crippen LogP contribution in [0, 0.1) is 5.75 Å². The van der Waals surface area contributed by atoms with Crippen molar-refractivity contribution in [3.63, 3.8) is 0 Å². The van der Waals surface area contributed by atoms with E-state index in [1.165, 1.54) is 6.92 Å². The lowest BCUT2D eigenvalue weighted by Crippen LogP contribution is -2.10. The number of para-hydroxylation sites is 1. The van der Waals surface area contributed by atoms with Crippen LogP contribution in [0.15, 0.2) is 30.3 Å². The number of rotatable bonds is 3. The van der Waals surface area contributed by atoms with Gasteiger partial charge in [0.25, 0.3) is 0 Å². The molecule has 4 heteroatoms. The molecule has 0 saturated heterocycles. The molecule has 1 rings (SSSR count). The van der Waals surface area contributed by atoms with Gasteiger partial charge in [-0.05, 0) is 19.1 Å². The minimum Gasteiger partial charge on any atom is -0.283 e. The highest BCUT2D eigenvalue weighted by molar-refractivity contribution is 7.94. The summed E-state index contributed by atoms with van der Waals surface area (Å²) in [6.07, 6.45) is 0. The fourth-order valence-electron chi connectivity index (χ4n) is 0.729. The Morgan fingerprint density at radius 2 is 1.83 bits per heavy atom. The zero-order valence-corrected chi connectivity index (χ0v) is 7.51. The van der Waals surface area contributed by atoms with Crippen LogP contribution in [0.2, 0.25) is 0 Å². The van der Waals surface area contributed by atoms with Gasteiger partial charge in [-0.15, -0.1) is 0 Å². The number of benzene rings is 1. The molecule has 0 aliphatic carbocycles. The third-order valence-electron chi connectivity index (χ3n) is 1.34. The van der Waals surface area contributed by atoms with Gasteiger partial charge in [0.05, 0.1) is 5.75 Å². The second-order valence-electron chi connectivity index (χ2n) is 2.25. The first-order valence-corrected chi connectivity index (χ1v) is 5.06. The second-order valence-corrected chi connectivity index (χ2v) is 4.01. The minimum absolute atomic E-state index is 0.579. The van der Waals surface area contributed by atoms with E-state index in [1.807, 2.05) is 6.07 Å². The molecule has 12 heavy (non-hydrogen) atoms. The Hall–Kier alpha value is -1.03. The Labute approximate surface area is 72.5 Å². The predicted molar refractivity (Wildman–Crippen MR) is 49.0 cm³/mol. The summed E-state index contributed by atoms with van der Waals surface area (Å²) in [6, 6.07) is 8.76. The molecule has 65 valence electrons. The number of nitrogens with one attached hydrogen (secondary N) is 1. The molecule has 0 atom stereocenters. The van der Waals surface area contributed by atoms with Gasteiger partial charge >= 0.3 is 0 Å². The third-order valence-corrected chi connectivity index (χ3v) is 2.49. The zero-order valence-electron chi connectivity index (χ0n) is 6.69. The van der Waals surface area contributed by atoms with Crippen LogP contribution in [-0.2, 0) is 10.0 Å². The number of sulfonamides is 1. The monoisotopic (exact) mass is 184 g/mol. The van der Waals surface area contributed by atoms with Crippen LogP contribution in [0.1, 0.15) is 6.92 Å². The predicted octanol–water partition coefficient (Wildman–Crippen LogP) is 1.61. The van der Waals surface area contributed by atoms with E-state index in [9.17, 15) is 8.42 Å². The molecule has 0 aromatic heterocycles. The molecule has 1 aromatic rings. The van der Waals surface area contributed by atoms with Gasteiger partial charge in [-0.3, -0.25) is 4.72 Å². The highest BCUT2D eigenvalue weighted by Gasteiger charge is 2.05. The highest BCUT2D eigenvalue weighted by Crippen LogP contribution is 2.08. The Kier molecular flexibility index (Phi) is 2.70. The second kappa shape index (κ2) is 3.58. The number of anilines is 1. The van der Waals surface area contributed by atoms with Crippen molar-refractivity contribution in [2.24, 2.45) is 0 Å². The molecule has 1 radical (unpaired) electrons. The quantitative estimate of drug-likeness (QED) is 0.775. The maximum Gasteiger partial charge on any atom is 0.236 e. The van der Waals surface area contributed by atoms with E-state index in [4.69, 9.17) is 0 Å². The summed E-state index contributed by atoms with van der Waals surface area (Å²) in [7, 11) is -3.25. The Morgan fingerprint density at radius 1 is 1.25 bits per heavy atom. The smallest absolute Gasteiger partial charge is 0.236 e. The van der Waals surface area contributed by atoms with Crippen molar-refractivity contribution in [1.82, 2.24) is 0 Å². The zero-order chi connectivity index (χ0) is 9.03. The first-order chi connectivity index (χ1) is 5.64. The van der Waals surface area contributed by atoms with Crippen LogP contribution in [0.25, 0.3) is 0 Å². The molecule has 0 bridgehead atoms. The largest absolute Gasteiger partial charge is 0.283 e. The van der Waals surface area contributed by atoms with E-state index in [0.29, 0.717) is 5.69 Å². The van der Waals surface area contributed by atoms with Crippen molar-refractivity contribution >= 4 is 15.7 Å². The maximum absolute atomic E-state index is 11.0. The van der Waals surface area contributed by atoms with Gasteiger partial charge in [0.2, 0.25) is 10.0 Å². The van der Waals surface area contributed by atoms with Gasteiger partial charge in [0, 0.05) is 5.69 Å². The van der Waals surface area contributed by atoms with Crippen molar-refractivity contribution in [3.8, 4) is 0 Å². The van der Waals surface area contributed by atoms with Crippen LogP contribution in [0.5, 0.6) is 0 Å². The summed E-state index contributed by atoms with van der Waals surface area (Å²) in [4.78, 5) is 0. The summed E-state index contributed by atoms with van der Waals surface area (Å²) < 4.78 is 24.4. The molecule has 0 heterocycles. The topological polar surface area (TPSA) is 46.2 Å². The van der Waals surface area contributed by atoms with Crippen molar-refractivity contribution in [3.05, 3.63) is 36.1 Å². The molecule has 1 aromatic carbocycles. The summed E-state index contributed by atoms with van der Waals surface area (Å²) in [5.74, 6) is 1.12. The Balaban J connectivity index is 2.78. The van der Waals surface area contributed by atoms with E-state index in [2.05, 4.69) is 4.72 Å². The average Bonchev–Trinajstić information content (AvgIpc) is 2.06. The van der Waals surface area contributed by atoms with E-state index in [1.54, 1.807) is 24.3 Å². The van der Waals surface area contributed by atoms with Crippen LogP contribution in [0.4, 0.5) is 5.69 Å². The van der Waals surface area contributed by atoms with Crippen LogP contribution in [-0.4, -0.2) is 8.42 Å². The van der Waals surface area contributed by atoms with Crippen molar-refractivity contribution in [2.45, 2.75) is 6.92 Å². The molecule has 0 fully saturated rings. The van der Waals surface area contributed by atoms with Gasteiger partial charge in [-0.1, -0.05) is 18.2 Å². The molecule has 3 nitrogen and oxygen atoms in total. The summed E-state index contributed by atoms with van der Waals surface area (Å²) in [5, 5.41) is 0. The first-order valence-electron chi connectivity index (χ1n) is 3.51. The van der Waals surface area contributed by atoms with Crippen LogP contribution < -0.4 is 4.72 Å². The molecule has 0 amide bonds. The Morgan fingerprint density at radius 3 is 2.33 bits per heavy atom. The van der Waals surface area contributed by atoms with E-state index >= 15 is 0 Å². The molecular formula is C8H10NO2S. The lowest BCUT2D eigenvalue weighted by atomic mass is 10.3. The molecule has 0 saturated carbocycles. The van der Waals surface area contributed by atoms with Crippen molar-refractivity contribution in [2.75, 3.05) is 4.72 Å². The summed E-state index contributed by atoms with van der Waals surface area (Å²) in [6.45, 7) is 1.48. The fourth-order valence-corrected chi connectivity index (χ4v) is 1.31. The first kappa shape index (κ1) is 9.06. The lowest BCUT2D eigenvalue weighted by Gasteiger charge is -2.03. The van der Waals surface area contributed by atoms with E-state index in [0.717, 1.165) is 5.75 Å². The molecule has 0 aliphatic heterocycles. The molecule has 0 unspecified atom stereocenters. The molecule has 0 spiro atoms. The van der Waals surface area contributed by atoms with Crippen LogP contribution in [0.3, 0.4) is 0 Å². The number of hydrogen-bond acceptors (Lipinski definition) is 2. The van der Waals surface area contributed by atoms with E-state index < -0.39 is 10.0 Å². The standard InChI is InChI=1S/C8H10NO2S/c1-2-12(10,11)9-8-6-4-3-5-7-8/h2-7,9H,1H3. The summed E-state index contributed by atoms with van der Waals surface area (Å²) in [5.41, 5.74) is 0.579.